The Kier molecular flexibility index (Phi) is 3.59. The fourth-order valence-corrected chi connectivity index (χ4v) is 1.96. The Morgan fingerprint density at radius 2 is 2.20 bits per heavy atom. The lowest BCUT2D eigenvalue weighted by Gasteiger charge is -2.05. The van der Waals surface area contributed by atoms with E-state index in [1.165, 1.54) is 0 Å². The molecule has 1 heterocycles. The van der Waals surface area contributed by atoms with Gasteiger partial charge in [0.15, 0.2) is 0 Å². The fourth-order valence-electron chi connectivity index (χ4n) is 1.33. The monoisotopic (exact) mass is 329 g/mol. The Hall–Kier alpha value is -0.610. The highest BCUT2D eigenvalue weighted by Gasteiger charge is 2.01. The van der Waals surface area contributed by atoms with E-state index in [1.807, 2.05) is 24.3 Å². The maximum absolute atomic E-state index is 5.49. The van der Waals surface area contributed by atoms with Crippen molar-refractivity contribution in [3.05, 3.63) is 34.9 Å². The van der Waals surface area contributed by atoms with Crippen molar-refractivity contribution in [1.29, 1.82) is 0 Å². The van der Waals surface area contributed by atoms with E-state index in [2.05, 4.69) is 36.8 Å². The molecule has 0 saturated carbocycles. The number of nitrogens with zero attached hydrogens (tertiary/aromatic N) is 1. The summed E-state index contributed by atoms with van der Waals surface area (Å²) in [4.78, 5) is 4.32. The third-order valence-electron chi connectivity index (χ3n) is 1.99. The maximum Gasteiger partial charge on any atom is 0.138 e. The van der Waals surface area contributed by atoms with E-state index in [1.54, 1.807) is 6.20 Å². The fraction of sp³-hybridized carbons (Fsp3) is 0.182. The molecule has 1 aromatic carbocycles. The Morgan fingerprint density at radius 3 is 3.00 bits per heavy atom. The number of halogens is 2. The second-order valence-electron chi connectivity index (χ2n) is 3.01. The number of ether oxygens (including phenoxy) is 1. The van der Waals surface area contributed by atoms with Gasteiger partial charge in [-0.25, -0.2) is 0 Å². The van der Waals surface area contributed by atoms with Crippen molar-refractivity contribution in [1.82, 2.24) is 4.98 Å². The van der Waals surface area contributed by atoms with Crippen LogP contribution in [0.2, 0.25) is 0 Å². The average Bonchev–Trinajstić information content (AvgIpc) is 2.27. The molecule has 0 aliphatic carbocycles. The van der Waals surface area contributed by atoms with Crippen molar-refractivity contribution in [2.24, 2.45) is 0 Å². The quantitative estimate of drug-likeness (QED) is 0.799. The molecule has 0 unspecified atom stereocenters. The zero-order chi connectivity index (χ0) is 10.7. The van der Waals surface area contributed by atoms with Crippen molar-refractivity contribution in [3.8, 4) is 5.75 Å². The summed E-state index contributed by atoms with van der Waals surface area (Å²) in [5.41, 5.74) is 0.968. The summed E-state index contributed by atoms with van der Waals surface area (Å²) in [5.74, 6) is 0.800. The lowest BCUT2D eigenvalue weighted by Crippen LogP contribution is -1.98. The van der Waals surface area contributed by atoms with E-state index in [9.17, 15) is 0 Å². The van der Waals surface area contributed by atoms with Crippen LogP contribution in [0, 0.1) is 0 Å². The molecule has 4 heteroatoms. The number of hydrogen-bond donors (Lipinski definition) is 0. The van der Waals surface area contributed by atoms with Gasteiger partial charge >= 0.3 is 0 Å². The Labute approximate surface area is 105 Å². The van der Waals surface area contributed by atoms with Gasteiger partial charge in [-0.15, -0.1) is 0 Å². The van der Waals surface area contributed by atoms with E-state index in [0.29, 0.717) is 6.61 Å². The first-order valence-corrected chi connectivity index (χ1v) is 6.46. The van der Waals surface area contributed by atoms with Crippen LogP contribution < -0.4 is 4.74 Å². The van der Waals surface area contributed by atoms with Crippen LogP contribution in [0.4, 0.5) is 0 Å². The molecule has 1 aromatic heterocycles. The Balaban J connectivity index is 2.41. The molecule has 0 aliphatic heterocycles. The SMILES string of the molecule is BrCCOc1cnc2cccc(Br)c2c1. The first-order chi connectivity index (χ1) is 7.31. The van der Waals surface area contributed by atoms with Crippen molar-refractivity contribution in [2.45, 2.75) is 0 Å². The van der Waals surface area contributed by atoms with Gasteiger partial charge in [0.25, 0.3) is 0 Å². The molecule has 0 aliphatic rings. The predicted octanol–water partition coefficient (Wildman–Crippen LogP) is 3.77. The van der Waals surface area contributed by atoms with Gasteiger partial charge in [0, 0.05) is 15.2 Å². The maximum atomic E-state index is 5.49. The topological polar surface area (TPSA) is 22.1 Å². The molecule has 0 N–H and O–H groups in total. The van der Waals surface area contributed by atoms with E-state index in [4.69, 9.17) is 4.74 Å². The van der Waals surface area contributed by atoms with E-state index in [-0.39, 0.29) is 0 Å². The summed E-state index contributed by atoms with van der Waals surface area (Å²) in [6.45, 7) is 0.650. The molecule has 2 nitrogen and oxygen atoms in total. The summed E-state index contributed by atoms with van der Waals surface area (Å²) in [6, 6.07) is 7.94. The molecule has 0 radical (unpaired) electrons. The van der Waals surface area contributed by atoms with Gasteiger partial charge in [-0.05, 0) is 18.2 Å². The molecule has 2 rings (SSSR count). The zero-order valence-electron chi connectivity index (χ0n) is 7.91. The lowest BCUT2D eigenvalue weighted by atomic mass is 10.2. The molecule has 0 amide bonds. The summed E-state index contributed by atoms with van der Waals surface area (Å²) in [7, 11) is 0. The van der Waals surface area contributed by atoms with Gasteiger partial charge in [0.1, 0.15) is 5.75 Å². The lowest BCUT2D eigenvalue weighted by molar-refractivity contribution is 0.344. The third-order valence-corrected chi connectivity index (χ3v) is 3.01. The molecular formula is C11H9Br2NO. The minimum Gasteiger partial charge on any atom is -0.491 e. The van der Waals surface area contributed by atoms with Crippen LogP contribution in [-0.4, -0.2) is 16.9 Å². The second-order valence-corrected chi connectivity index (χ2v) is 4.66. The smallest absolute Gasteiger partial charge is 0.138 e. The largest absolute Gasteiger partial charge is 0.491 e. The predicted molar refractivity (Wildman–Crippen MR) is 68.7 cm³/mol. The van der Waals surface area contributed by atoms with E-state index < -0.39 is 0 Å². The van der Waals surface area contributed by atoms with Crippen molar-refractivity contribution in [3.63, 3.8) is 0 Å². The van der Waals surface area contributed by atoms with E-state index >= 15 is 0 Å². The van der Waals surface area contributed by atoms with Gasteiger partial charge in [-0.3, -0.25) is 4.98 Å². The van der Waals surface area contributed by atoms with Crippen LogP contribution in [0.15, 0.2) is 34.9 Å². The van der Waals surface area contributed by atoms with Gasteiger partial charge in [0.2, 0.25) is 0 Å². The number of hydrogen-bond acceptors (Lipinski definition) is 2. The number of fused-ring (bicyclic) bond motifs is 1. The summed E-state index contributed by atoms with van der Waals surface area (Å²) >= 11 is 6.81. The summed E-state index contributed by atoms with van der Waals surface area (Å²) in [6.07, 6.45) is 1.75. The number of rotatable bonds is 3. The minimum atomic E-state index is 0.650. The highest BCUT2D eigenvalue weighted by molar-refractivity contribution is 9.10. The van der Waals surface area contributed by atoms with E-state index in [0.717, 1.165) is 26.5 Å². The standard InChI is InChI=1S/C11H9Br2NO/c12-4-5-15-8-6-9-10(13)2-1-3-11(9)14-7-8/h1-3,6-7H,4-5H2. The summed E-state index contributed by atoms with van der Waals surface area (Å²) in [5, 5.41) is 1.89. The van der Waals surface area contributed by atoms with Crippen LogP contribution >= 0.6 is 31.9 Å². The number of benzene rings is 1. The van der Waals surface area contributed by atoms with Gasteiger partial charge in [0.05, 0.1) is 18.3 Å². The molecule has 2 aromatic rings. The number of alkyl halides is 1. The third kappa shape index (κ3) is 2.49. The van der Waals surface area contributed by atoms with Crippen LogP contribution in [0.1, 0.15) is 0 Å². The molecular weight excluding hydrogens is 322 g/mol. The molecule has 0 fully saturated rings. The van der Waals surface area contributed by atoms with Crippen LogP contribution in [0.5, 0.6) is 5.75 Å². The minimum absolute atomic E-state index is 0.650. The Morgan fingerprint density at radius 1 is 1.33 bits per heavy atom. The first-order valence-electron chi connectivity index (χ1n) is 4.54. The highest BCUT2D eigenvalue weighted by atomic mass is 79.9. The average molecular weight is 331 g/mol. The van der Waals surface area contributed by atoms with Crippen molar-refractivity contribution in [2.75, 3.05) is 11.9 Å². The first kappa shape index (κ1) is 10.9. The highest BCUT2D eigenvalue weighted by Crippen LogP contribution is 2.25. The summed E-state index contributed by atoms with van der Waals surface area (Å²) < 4.78 is 6.53. The van der Waals surface area contributed by atoms with Gasteiger partial charge in [-0.1, -0.05) is 37.9 Å². The number of pyridine rings is 1. The second kappa shape index (κ2) is 4.94. The van der Waals surface area contributed by atoms with Crippen LogP contribution in [-0.2, 0) is 0 Å². The normalized spacial score (nSPS) is 10.5. The molecule has 0 bridgehead atoms. The van der Waals surface area contributed by atoms with Crippen molar-refractivity contribution < 1.29 is 4.74 Å². The molecule has 0 atom stereocenters. The zero-order valence-corrected chi connectivity index (χ0v) is 11.1. The molecule has 78 valence electrons. The van der Waals surface area contributed by atoms with Crippen LogP contribution in [0.3, 0.4) is 0 Å². The molecule has 0 spiro atoms. The van der Waals surface area contributed by atoms with Crippen molar-refractivity contribution >= 4 is 42.8 Å². The van der Waals surface area contributed by atoms with Crippen LogP contribution in [0.25, 0.3) is 10.9 Å². The molecule has 15 heavy (non-hydrogen) atoms. The number of aromatic nitrogens is 1. The van der Waals surface area contributed by atoms with Gasteiger partial charge in [-0.2, -0.15) is 0 Å². The van der Waals surface area contributed by atoms with Gasteiger partial charge < -0.3 is 4.74 Å². The Bertz CT molecular complexity index is 473. The molecule has 0 saturated heterocycles.